The predicted octanol–water partition coefficient (Wildman–Crippen LogP) is 2.73. The molecule has 4 heteroatoms. The number of benzene rings is 1. The van der Waals surface area contributed by atoms with Gasteiger partial charge in [0.15, 0.2) is 0 Å². The van der Waals surface area contributed by atoms with Crippen LogP contribution < -0.4 is 11.1 Å². The Labute approximate surface area is 121 Å². The Morgan fingerprint density at radius 1 is 1.32 bits per heavy atom. The summed E-state index contributed by atoms with van der Waals surface area (Å²) in [6.45, 7) is 4.91. The molecule has 3 N–H and O–H groups in total. The maximum atomic E-state index is 11.9. The first kappa shape index (κ1) is 16.0. The highest BCUT2D eigenvalue weighted by Gasteiger charge is 2.39. The first-order valence-corrected chi connectivity index (χ1v) is 6.67. The molecular weight excluding hydrogens is 260 g/mol. The molecule has 0 aromatic heterocycles. The highest BCUT2D eigenvalue weighted by molar-refractivity contribution is 5.87. The standard InChI is InChI=1S/C15H22N2O.ClH/c1-11(2)13-6-4-12(5-7-13)10-17-14(18)15(16)8-3-9-15;/h4-7,11H,3,8-10,16H2,1-2H3,(H,17,18);1H. The van der Waals surface area contributed by atoms with Gasteiger partial charge in [-0.3, -0.25) is 4.79 Å². The largest absolute Gasteiger partial charge is 0.350 e. The Morgan fingerprint density at radius 3 is 2.32 bits per heavy atom. The Morgan fingerprint density at radius 2 is 1.89 bits per heavy atom. The molecule has 0 atom stereocenters. The minimum Gasteiger partial charge on any atom is -0.350 e. The monoisotopic (exact) mass is 282 g/mol. The van der Waals surface area contributed by atoms with Crippen LogP contribution in [0, 0.1) is 0 Å². The maximum absolute atomic E-state index is 11.9. The van der Waals surface area contributed by atoms with Crippen molar-refractivity contribution in [2.24, 2.45) is 5.73 Å². The van der Waals surface area contributed by atoms with Crippen molar-refractivity contribution in [1.82, 2.24) is 5.32 Å². The van der Waals surface area contributed by atoms with Gasteiger partial charge >= 0.3 is 0 Å². The number of carbonyl (C=O) groups is 1. The number of amides is 1. The third kappa shape index (κ3) is 3.71. The van der Waals surface area contributed by atoms with Crippen molar-refractivity contribution in [3.63, 3.8) is 0 Å². The van der Waals surface area contributed by atoms with Crippen molar-refractivity contribution in [2.75, 3.05) is 0 Å². The molecule has 1 aromatic rings. The smallest absolute Gasteiger partial charge is 0.240 e. The van der Waals surface area contributed by atoms with Gasteiger partial charge in [0.25, 0.3) is 0 Å². The van der Waals surface area contributed by atoms with Crippen LogP contribution in [0.2, 0.25) is 0 Å². The van der Waals surface area contributed by atoms with E-state index in [0.29, 0.717) is 12.5 Å². The molecule has 1 aliphatic carbocycles. The Balaban J connectivity index is 0.00000180. The van der Waals surface area contributed by atoms with E-state index in [1.807, 2.05) is 0 Å². The lowest BCUT2D eigenvalue weighted by Gasteiger charge is -2.36. The molecule has 0 aliphatic heterocycles. The van der Waals surface area contributed by atoms with E-state index in [9.17, 15) is 4.79 Å². The minimum absolute atomic E-state index is 0. The summed E-state index contributed by atoms with van der Waals surface area (Å²) in [5, 5.41) is 2.93. The molecule has 0 bridgehead atoms. The van der Waals surface area contributed by atoms with E-state index in [4.69, 9.17) is 5.73 Å². The van der Waals surface area contributed by atoms with Crippen molar-refractivity contribution in [2.45, 2.75) is 51.1 Å². The van der Waals surface area contributed by atoms with Gasteiger partial charge in [0.05, 0.1) is 5.54 Å². The van der Waals surface area contributed by atoms with Gasteiger partial charge in [-0.1, -0.05) is 38.1 Å². The minimum atomic E-state index is -0.599. The molecule has 0 spiro atoms. The van der Waals surface area contributed by atoms with Crippen LogP contribution in [0.5, 0.6) is 0 Å². The lowest BCUT2D eigenvalue weighted by Crippen LogP contribution is -2.58. The number of nitrogens with two attached hydrogens (primary N) is 1. The quantitative estimate of drug-likeness (QED) is 0.892. The fourth-order valence-corrected chi connectivity index (χ4v) is 2.16. The van der Waals surface area contributed by atoms with Gasteiger partial charge in [-0.05, 0) is 36.3 Å². The van der Waals surface area contributed by atoms with Crippen molar-refractivity contribution >= 4 is 18.3 Å². The zero-order valence-electron chi connectivity index (χ0n) is 11.6. The zero-order valence-corrected chi connectivity index (χ0v) is 12.4. The lowest BCUT2D eigenvalue weighted by atomic mass is 9.77. The van der Waals surface area contributed by atoms with Crippen LogP contribution in [0.3, 0.4) is 0 Å². The van der Waals surface area contributed by atoms with Gasteiger partial charge in [-0.15, -0.1) is 12.4 Å². The molecule has 0 unspecified atom stereocenters. The Bertz CT molecular complexity index is 424. The van der Waals surface area contributed by atoms with Gasteiger partial charge in [0.2, 0.25) is 5.91 Å². The van der Waals surface area contributed by atoms with Crippen LogP contribution in [-0.2, 0) is 11.3 Å². The molecule has 0 heterocycles. The van der Waals surface area contributed by atoms with Crippen LogP contribution in [-0.4, -0.2) is 11.4 Å². The summed E-state index contributed by atoms with van der Waals surface area (Å²) < 4.78 is 0. The summed E-state index contributed by atoms with van der Waals surface area (Å²) >= 11 is 0. The van der Waals surface area contributed by atoms with Crippen molar-refractivity contribution in [3.05, 3.63) is 35.4 Å². The molecule has 19 heavy (non-hydrogen) atoms. The number of nitrogens with one attached hydrogen (secondary N) is 1. The molecule has 3 nitrogen and oxygen atoms in total. The van der Waals surface area contributed by atoms with Crippen LogP contribution in [0.1, 0.15) is 50.2 Å². The second-order valence-electron chi connectivity index (χ2n) is 5.59. The van der Waals surface area contributed by atoms with Gasteiger partial charge in [0, 0.05) is 6.54 Å². The third-order valence-electron chi connectivity index (χ3n) is 3.80. The Hall–Kier alpha value is -1.06. The first-order valence-electron chi connectivity index (χ1n) is 6.67. The van der Waals surface area contributed by atoms with Gasteiger partial charge in [0.1, 0.15) is 0 Å². The van der Waals surface area contributed by atoms with Crippen LogP contribution in [0.15, 0.2) is 24.3 Å². The number of carbonyl (C=O) groups excluding carboxylic acids is 1. The van der Waals surface area contributed by atoms with Crippen LogP contribution >= 0.6 is 12.4 Å². The van der Waals surface area contributed by atoms with Crippen LogP contribution in [0.4, 0.5) is 0 Å². The highest BCUT2D eigenvalue weighted by Crippen LogP contribution is 2.29. The van der Waals surface area contributed by atoms with E-state index in [2.05, 4.69) is 43.4 Å². The number of rotatable bonds is 4. The molecule has 2 rings (SSSR count). The molecule has 106 valence electrons. The molecule has 1 aliphatic rings. The van der Waals surface area contributed by atoms with Crippen molar-refractivity contribution in [1.29, 1.82) is 0 Å². The summed E-state index contributed by atoms with van der Waals surface area (Å²) in [4.78, 5) is 11.9. The topological polar surface area (TPSA) is 55.1 Å². The van der Waals surface area contributed by atoms with E-state index in [-0.39, 0.29) is 18.3 Å². The van der Waals surface area contributed by atoms with Crippen molar-refractivity contribution in [3.8, 4) is 0 Å². The normalized spacial score (nSPS) is 16.4. The summed E-state index contributed by atoms with van der Waals surface area (Å²) in [5.41, 5.74) is 7.80. The van der Waals surface area contributed by atoms with Gasteiger partial charge in [-0.25, -0.2) is 0 Å². The van der Waals surface area contributed by atoms with E-state index >= 15 is 0 Å². The fraction of sp³-hybridized carbons (Fsp3) is 0.533. The fourth-order valence-electron chi connectivity index (χ4n) is 2.16. The van der Waals surface area contributed by atoms with E-state index in [1.54, 1.807) is 0 Å². The summed E-state index contributed by atoms with van der Waals surface area (Å²) in [5.74, 6) is 0.526. The van der Waals surface area contributed by atoms with Crippen LogP contribution in [0.25, 0.3) is 0 Å². The third-order valence-corrected chi connectivity index (χ3v) is 3.80. The first-order chi connectivity index (χ1) is 8.51. The van der Waals surface area contributed by atoms with E-state index in [1.165, 1.54) is 5.56 Å². The number of hydrogen-bond donors (Lipinski definition) is 2. The van der Waals surface area contributed by atoms with Gasteiger partial charge < -0.3 is 11.1 Å². The molecule has 1 fully saturated rings. The average Bonchev–Trinajstić information content (AvgIpc) is 2.33. The molecule has 1 amide bonds. The summed E-state index contributed by atoms with van der Waals surface area (Å²) in [7, 11) is 0. The predicted molar refractivity (Wildman–Crippen MR) is 80.4 cm³/mol. The lowest BCUT2D eigenvalue weighted by molar-refractivity contribution is -0.129. The summed E-state index contributed by atoms with van der Waals surface area (Å²) in [6.07, 6.45) is 2.68. The second-order valence-corrected chi connectivity index (χ2v) is 5.59. The number of hydrogen-bond acceptors (Lipinski definition) is 2. The average molecular weight is 283 g/mol. The second kappa shape index (κ2) is 6.40. The summed E-state index contributed by atoms with van der Waals surface area (Å²) in [6, 6.07) is 8.38. The van der Waals surface area contributed by atoms with Gasteiger partial charge in [-0.2, -0.15) is 0 Å². The molecular formula is C15H23ClN2O. The molecule has 0 saturated heterocycles. The maximum Gasteiger partial charge on any atom is 0.240 e. The highest BCUT2D eigenvalue weighted by atomic mass is 35.5. The van der Waals surface area contributed by atoms with E-state index < -0.39 is 5.54 Å². The molecule has 1 saturated carbocycles. The zero-order chi connectivity index (χ0) is 13.2. The molecule has 1 aromatic carbocycles. The van der Waals surface area contributed by atoms with E-state index in [0.717, 1.165) is 24.8 Å². The Kier molecular flexibility index (Phi) is 5.39. The van der Waals surface area contributed by atoms with Crippen molar-refractivity contribution < 1.29 is 4.79 Å². The number of halogens is 1. The SMILES string of the molecule is CC(C)c1ccc(CNC(=O)C2(N)CCC2)cc1.Cl. The molecule has 0 radical (unpaired) electrons.